The second-order valence-corrected chi connectivity index (χ2v) is 4.73. The average Bonchev–Trinajstić information content (AvgIpc) is 2.79. The maximum atomic E-state index is 6.01. The first-order valence-electron chi connectivity index (χ1n) is 5.50. The van der Waals surface area contributed by atoms with Crippen molar-refractivity contribution in [3.05, 3.63) is 35.4 Å². The molecule has 1 aliphatic carbocycles. The van der Waals surface area contributed by atoms with E-state index >= 15 is 0 Å². The first kappa shape index (κ1) is 8.49. The third kappa shape index (κ3) is 1.05. The van der Waals surface area contributed by atoms with Gasteiger partial charge in [0.1, 0.15) is 0 Å². The van der Waals surface area contributed by atoms with E-state index in [0.717, 1.165) is 12.5 Å². The Bertz CT molecular complexity index is 348. The Morgan fingerprint density at radius 2 is 2.21 bits per heavy atom. The minimum atomic E-state index is 0.0933. The molecule has 1 aliphatic heterocycles. The van der Waals surface area contributed by atoms with Crippen LogP contribution in [0.5, 0.6) is 0 Å². The minimum absolute atomic E-state index is 0.0933. The minimum Gasteiger partial charge on any atom is -0.370 e. The normalized spacial score (nSPS) is 35.1. The summed E-state index contributed by atoms with van der Waals surface area (Å²) in [5, 5.41) is 0. The van der Waals surface area contributed by atoms with Gasteiger partial charge in [0, 0.05) is 0 Å². The molecule has 2 atom stereocenters. The van der Waals surface area contributed by atoms with Gasteiger partial charge in [0.05, 0.1) is 12.2 Å². The molecule has 1 nitrogen and oxygen atoms in total. The van der Waals surface area contributed by atoms with E-state index in [1.54, 1.807) is 0 Å². The van der Waals surface area contributed by atoms with Crippen LogP contribution in [0, 0.1) is 12.8 Å². The molecule has 2 unspecified atom stereocenters. The molecule has 1 aromatic rings. The Labute approximate surface area is 85.1 Å². The van der Waals surface area contributed by atoms with Crippen LogP contribution in [0.4, 0.5) is 0 Å². The topological polar surface area (TPSA) is 9.23 Å². The predicted molar refractivity (Wildman–Crippen MR) is 56.2 cm³/mol. The lowest BCUT2D eigenvalue weighted by atomic mass is 9.89. The van der Waals surface area contributed by atoms with Crippen molar-refractivity contribution in [1.82, 2.24) is 0 Å². The fourth-order valence-corrected chi connectivity index (χ4v) is 3.06. The number of rotatable bonds is 1. The summed E-state index contributed by atoms with van der Waals surface area (Å²) < 4.78 is 6.01. The maximum Gasteiger partial charge on any atom is 0.0937 e. The molecule has 1 heterocycles. The first-order chi connectivity index (χ1) is 6.80. The van der Waals surface area contributed by atoms with E-state index in [9.17, 15) is 0 Å². The van der Waals surface area contributed by atoms with Crippen LogP contribution in [0.1, 0.15) is 30.4 Å². The lowest BCUT2D eigenvalue weighted by molar-refractivity contribution is -0.0213. The predicted octanol–water partition coefficient (Wildman–Crippen LogP) is 3.02. The molecule has 0 aromatic heterocycles. The molecule has 74 valence electrons. The summed E-state index contributed by atoms with van der Waals surface area (Å²) in [5.41, 5.74) is 2.91. The van der Waals surface area contributed by atoms with Gasteiger partial charge in [0.15, 0.2) is 0 Å². The van der Waals surface area contributed by atoms with Gasteiger partial charge in [0.25, 0.3) is 0 Å². The van der Waals surface area contributed by atoms with Gasteiger partial charge in [-0.2, -0.15) is 0 Å². The molecule has 3 rings (SSSR count). The number of hydrogen-bond acceptors (Lipinski definition) is 1. The van der Waals surface area contributed by atoms with Crippen LogP contribution in [0.25, 0.3) is 0 Å². The number of hydrogen-bond donors (Lipinski definition) is 0. The van der Waals surface area contributed by atoms with Gasteiger partial charge in [-0.05, 0) is 43.2 Å². The number of benzene rings is 1. The Morgan fingerprint density at radius 1 is 1.36 bits per heavy atom. The lowest BCUT2D eigenvalue weighted by Gasteiger charge is -2.28. The van der Waals surface area contributed by atoms with E-state index in [2.05, 4.69) is 31.2 Å². The molecule has 0 N–H and O–H groups in total. The zero-order valence-corrected chi connectivity index (χ0v) is 8.62. The van der Waals surface area contributed by atoms with Gasteiger partial charge >= 0.3 is 0 Å². The second-order valence-electron chi connectivity index (χ2n) is 4.73. The van der Waals surface area contributed by atoms with E-state index < -0.39 is 0 Å². The fraction of sp³-hybridized carbons (Fsp3) is 0.538. The van der Waals surface area contributed by atoms with Crippen LogP contribution in [-0.4, -0.2) is 6.61 Å². The molecule has 2 bridgehead atoms. The lowest BCUT2D eigenvalue weighted by Crippen LogP contribution is -2.24. The van der Waals surface area contributed by atoms with E-state index in [1.165, 1.54) is 30.4 Å². The molecule has 1 saturated carbocycles. The van der Waals surface area contributed by atoms with Crippen LogP contribution in [0.2, 0.25) is 0 Å². The number of ether oxygens (including phenoxy) is 1. The van der Waals surface area contributed by atoms with Crippen molar-refractivity contribution in [2.75, 3.05) is 6.61 Å². The summed E-state index contributed by atoms with van der Waals surface area (Å²) in [6.07, 6.45) is 3.83. The van der Waals surface area contributed by atoms with Gasteiger partial charge in [0.2, 0.25) is 0 Å². The summed E-state index contributed by atoms with van der Waals surface area (Å²) in [7, 11) is 0. The highest BCUT2D eigenvalue weighted by atomic mass is 16.5. The van der Waals surface area contributed by atoms with Crippen molar-refractivity contribution in [2.24, 2.45) is 5.92 Å². The third-order valence-corrected chi connectivity index (χ3v) is 3.81. The summed E-state index contributed by atoms with van der Waals surface area (Å²) >= 11 is 0. The van der Waals surface area contributed by atoms with Crippen LogP contribution in [0.15, 0.2) is 24.3 Å². The molecule has 14 heavy (non-hydrogen) atoms. The van der Waals surface area contributed by atoms with Crippen molar-refractivity contribution >= 4 is 0 Å². The molecule has 2 fully saturated rings. The van der Waals surface area contributed by atoms with Crippen molar-refractivity contribution in [2.45, 2.75) is 31.8 Å². The fourth-order valence-electron chi connectivity index (χ4n) is 3.06. The van der Waals surface area contributed by atoms with Crippen LogP contribution < -0.4 is 0 Å². The molecule has 1 heteroatoms. The van der Waals surface area contributed by atoms with Crippen molar-refractivity contribution in [3.8, 4) is 0 Å². The van der Waals surface area contributed by atoms with Gasteiger partial charge in [-0.25, -0.2) is 0 Å². The monoisotopic (exact) mass is 188 g/mol. The standard InChI is InChI=1S/C13H16O/c1-10-4-2-3-5-12(10)13-7-6-11(8-13)9-14-13/h2-5,11H,6-9H2,1H3. The maximum absolute atomic E-state index is 6.01. The average molecular weight is 188 g/mol. The summed E-state index contributed by atoms with van der Waals surface area (Å²) in [5.74, 6) is 0.828. The highest BCUT2D eigenvalue weighted by Gasteiger charge is 2.47. The molecule has 0 spiro atoms. The largest absolute Gasteiger partial charge is 0.370 e. The highest BCUT2D eigenvalue weighted by molar-refractivity contribution is 5.33. The molecule has 1 aromatic carbocycles. The first-order valence-corrected chi connectivity index (χ1v) is 5.50. The zero-order valence-electron chi connectivity index (χ0n) is 8.62. The van der Waals surface area contributed by atoms with E-state index in [-0.39, 0.29) is 5.60 Å². The SMILES string of the molecule is Cc1ccccc1C12CCC(CO1)C2. The van der Waals surface area contributed by atoms with Crippen LogP contribution in [-0.2, 0) is 10.3 Å². The second kappa shape index (κ2) is 2.83. The Morgan fingerprint density at radius 3 is 2.79 bits per heavy atom. The Hall–Kier alpha value is -0.820. The van der Waals surface area contributed by atoms with Crippen LogP contribution >= 0.6 is 0 Å². The van der Waals surface area contributed by atoms with E-state index in [4.69, 9.17) is 4.74 Å². The molecular weight excluding hydrogens is 172 g/mol. The van der Waals surface area contributed by atoms with Crippen LogP contribution in [0.3, 0.4) is 0 Å². The van der Waals surface area contributed by atoms with Gasteiger partial charge in [-0.15, -0.1) is 0 Å². The molecule has 2 aliphatic rings. The molecule has 0 radical (unpaired) electrons. The quantitative estimate of drug-likeness (QED) is 0.658. The smallest absolute Gasteiger partial charge is 0.0937 e. The van der Waals surface area contributed by atoms with Gasteiger partial charge in [-0.3, -0.25) is 0 Å². The Kier molecular flexibility index (Phi) is 1.72. The van der Waals surface area contributed by atoms with Gasteiger partial charge in [-0.1, -0.05) is 24.3 Å². The van der Waals surface area contributed by atoms with Crippen molar-refractivity contribution < 1.29 is 4.74 Å². The highest BCUT2D eigenvalue weighted by Crippen LogP contribution is 2.51. The number of fused-ring (bicyclic) bond motifs is 2. The molecule has 1 saturated heterocycles. The zero-order chi connectivity index (χ0) is 9.60. The molecule has 0 amide bonds. The van der Waals surface area contributed by atoms with Crippen molar-refractivity contribution in [3.63, 3.8) is 0 Å². The van der Waals surface area contributed by atoms with Gasteiger partial charge < -0.3 is 4.74 Å². The number of aryl methyl sites for hydroxylation is 1. The van der Waals surface area contributed by atoms with E-state index in [1.807, 2.05) is 0 Å². The third-order valence-electron chi connectivity index (χ3n) is 3.81. The summed E-state index contributed by atoms with van der Waals surface area (Å²) in [6.45, 7) is 3.17. The van der Waals surface area contributed by atoms with Crippen molar-refractivity contribution in [1.29, 1.82) is 0 Å². The summed E-state index contributed by atoms with van der Waals surface area (Å²) in [4.78, 5) is 0. The summed E-state index contributed by atoms with van der Waals surface area (Å²) in [6, 6.07) is 8.67. The van der Waals surface area contributed by atoms with E-state index in [0.29, 0.717) is 0 Å². The Balaban J connectivity index is 2.06. The molecular formula is C13H16O.